The number of rotatable bonds is 2. The maximum Gasteiger partial charge on any atom is 0.410 e. The third-order valence-corrected chi connectivity index (χ3v) is 2.21. The molecule has 2 N–H and O–H groups in total. The van der Waals surface area contributed by atoms with Crippen LogP contribution < -0.4 is 5.32 Å². The summed E-state index contributed by atoms with van der Waals surface area (Å²) in [5.74, 6) is 0.152. The molecule has 0 radical (unpaired) electrons. The second-order valence-corrected chi connectivity index (χ2v) is 3.21. The maximum atomic E-state index is 10.3. The number of halogens is 2. The van der Waals surface area contributed by atoms with E-state index in [2.05, 4.69) is 26.2 Å². The van der Waals surface area contributed by atoms with Gasteiger partial charge in [0.15, 0.2) is 5.82 Å². The van der Waals surface area contributed by atoms with Gasteiger partial charge in [-0.2, -0.15) is 0 Å². The minimum Gasteiger partial charge on any atom is -0.465 e. The molecule has 0 aliphatic carbocycles. The Hall–Kier alpha value is -0.810. The molecular weight excluding hydrogens is 259 g/mol. The molecule has 0 saturated heterocycles. The highest BCUT2D eigenvalue weighted by Crippen LogP contribution is 2.20. The first-order chi connectivity index (χ1) is 6.13. The van der Waals surface area contributed by atoms with E-state index in [0.717, 1.165) is 5.56 Å². The topological polar surface area (TPSA) is 62.2 Å². The van der Waals surface area contributed by atoms with Crippen molar-refractivity contribution >= 4 is 39.4 Å². The lowest BCUT2D eigenvalue weighted by molar-refractivity contribution is 0.209. The van der Waals surface area contributed by atoms with E-state index in [-0.39, 0.29) is 5.82 Å². The number of carbonyl (C=O) groups is 1. The van der Waals surface area contributed by atoms with Crippen molar-refractivity contribution in [3.05, 3.63) is 22.8 Å². The quantitative estimate of drug-likeness (QED) is 0.808. The fourth-order valence-corrected chi connectivity index (χ4v) is 1.29. The number of nitrogens with one attached hydrogen (secondary N) is 1. The summed E-state index contributed by atoms with van der Waals surface area (Å²) in [4.78, 5) is 14.1. The zero-order valence-electron chi connectivity index (χ0n) is 6.42. The Labute approximate surface area is 88.1 Å². The fourth-order valence-electron chi connectivity index (χ4n) is 0.744. The Balaban J connectivity index is 2.91. The molecule has 1 amide bonds. The van der Waals surface area contributed by atoms with E-state index in [1.807, 2.05) is 0 Å². The first kappa shape index (κ1) is 10.3. The van der Waals surface area contributed by atoms with Gasteiger partial charge in [-0.15, -0.1) is 0 Å². The average molecular weight is 265 g/mol. The van der Waals surface area contributed by atoms with Gasteiger partial charge < -0.3 is 5.11 Å². The van der Waals surface area contributed by atoms with E-state index in [0.29, 0.717) is 10.4 Å². The smallest absolute Gasteiger partial charge is 0.410 e. The van der Waals surface area contributed by atoms with Gasteiger partial charge in [-0.1, -0.05) is 27.5 Å². The van der Waals surface area contributed by atoms with Crippen molar-refractivity contribution in [3.8, 4) is 0 Å². The zero-order valence-corrected chi connectivity index (χ0v) is 8.76. The molecule has 1 heterocycles. The second-order valence-electron chi connectivity index (χ2n) is 2.24. The summed E-state index contributed by atoms with van der Waals surface area (Å²) in [5, 5.41) is 11.4. The van der Waals surface area contributed by atoms with Gasteiger partial charge >= 0.3 is 6.09 Å². The van der Waals surface area contributed by atoms with Gasteiger partial charge in [-0.25, -0.2) is 9.78 Å². The van der Waals surface area contributed by atoms with Crippen LogP contribution in [0, 0.1) is 0 Å². The molecule has 1 aromatic heterocycles. The van der Waals surface area contributed by atoms with Crippen LogP contribution in [0.3, 0.4) is 0 Å². The summed E-state index contributed by atoms with van der Waals surface area (Å²) in [6.45, 7) is 0. The van der Waals surface area contributed by atoms with Crippen LogP contribution in [0.25, 0.3) is 0 Å². The lowest BCUT2D eigenvalue weighted by Crippen LogP contribution is -2.09. The molecule has 0 atom stereocenters. The summed E-state index contributed by atoms with van der Waals surface area (Å²) in [6, 6.07) is 1.65. The predicted octanol–water partition coefficient (Wildman–Crippen LogP) is 2.72. The van der Waals surface area contributed by atoms with Crippen LogP contribution in [0.2, 0.25) is 5.02 Å². The summed E-state index contributed by atoms with van der Waals surface area (Å²) >= 11 is 8.97. The van der Waals surface area contributed by atoms with E-state index in [4.69, 9.17) is 16.7 Å². The highest BCUT2D eigenvalue weighted by atomic mass is 79.9. The number of hydrogen-bond donors (Lipinski definition) is 2. The molecule has 0 unspecified atom stereocenters. The number of nitrogens with zero attached hydrogens (tertiary/aromatic N) is 1. The molecule has 0 fully saturated rings. The molecule has 0 aliphatic heterocycles. The van der Waals surface area contributed by atoms with E-state index in [9.17, 15) is 4.79 Å². The van der Waals surface area contributed by atoms with E-state index >= 15 is 0 Å². The zero-order chi connectivity index (χ0) is 9.84. The Morgan fingerprint density at radius 2 is 2.46 bits per heavy atom. The van der Waals surface area contributed by atoms with Gasteiger partial charge in [0.05, 0.1) is 5.02 Å². The van der Waals surface area contributed by atoms with Gasteiger partial charge in [0, 0.05) is 11.5 Å². The number of anilines is 1. The van der Waals surface area contributed by atoms with Crippen LogP contribution in [0.4, 0.5) is 10.6 Å². The van der Waals surface area contributed by atoms with Gasteiger partial charge in [0.2, 0.25) is 0 Å². The predicted molar refractivity (Wildman–Crippen MR) is 53.5 cm³/mol. The normalized spacial score (nSPS) is 9.69. The van der Waals surface area contributed by atoms with Gasteiger partial charge in [-0.3, -0.25) is 5.32 Å². The number of aromatic nitrogens is 1. The number of pyridine rings is 1. The molecule has 70 valence electrons. The molecule has 0 bridgehead atoms. The van der Waals surface area contributed by atoms with E-state index in [1.165, 1.54) is 0 Å². The van der Waals surface area contributed by atoms with Crippen LogP contribution in [0.1, 0.15) is 5.56 Å². The van der Waals surface area contributed by atoms with Crippen molar-refractivity contribution < 1.29 is 9.90 Å². The molecule has 0 aromatic carbocycles. The Morgan fingerprint density at radius 3 is 2.92 bits per heavy atom. The number of amides is 1. The van der Waals surface area contributed by atoms with Crippen molar-refractivity contribution in [1.29, 1.82) is 0 Å². The van der Waals surface area contributed by atoms with Crippen LogP contribution >= 0.6 is 27.5 Å². The lowest BCUT2D eigenvalue weighted by atomic mass is 10.3. The Kier molecular flexibility index (Phi) is 3.50. The molecule has 13 heavy (non-hydrogen) atoms. The van der Waals surface area contributed by atoms with Crippen LogP contribution in [0.5, 0.6) is 0 Å². The lowest BCUT2D eigenvalue weighted by Gasteiger charge is -2.03. The van der Waals surface area contributed by atoms with Crippen LogP contribution in [-0.2, 0) is 5.33 Å². The van der Waals surface area contributed by atoms with Crippen molar-refractivity contribution in [2.45, 2.75) is 5.33 Å². The van der Waals surface area contributed by atoms with Crippen LogP contribution in [0.15, 0.2) is 12.3 Å². The van der Waals surface area contributed by atoms with Gasteiger partial charge in [0.1, 0.15) is 0 Å². The minimum atomic E-state index is -1.18. The molecule has 6 heteroatoms. The third-order valence-electron chi connectivity index (χ3n) is 1.28. The first-order valence-electron chi connectivity index (χ1n) is 3.34. The Morgan fingerprint density at radius 1 is 1.77 bits per heavy atom. The molecular formula is C7H6BrClN2O2. The Bertz CT molecular complexity index is 332. The van der Waals surface area contributed by atoms with Crippen LogP contribution in [-0.4, -0.2) is 16.2 Å². The molecule has 1 aromatic rings. The minimum absolute atomic E-state index is 0.152. The standard InChI is InChI=1S/C7H6BrClN2O2/c8-2-4-1-5(9)6(10-3-4)11-7(12)13/h1,3H,2H2,(H,10,11)(H,12,13). The van der Waals surface area contributed by atoms with Crippen molar-refractivity contribution in [1.82, 2.24) is 4.98 Å². The van der Waals surface area contributed by atoms with Crippen molar-refractivity contribution in [2.24, 2.45) is 0 Å². The second kappa shape index (κ2) is 4.43. The highest BCUT2D eigenvalue weighted by Gasteiger charge is 2.05. The van der Waals surface area contributed by atoms with E-state index in [1.54, 1.807) is 12.3 Å². The fraction of sp³-hybridized carbons (Fsp3) is 0.143. The molecule has 4 nitrogen and oxygen atoms in total. The number of alkyl halides is 1. The number of carboxylic acid groups (broad SMARTS) is 1. The third kappa shape index (κ3) is 2.86. The number of hydrogen-bond acceptors (Lipinski definition) is 2. The summed E-state index contributed by atoms with van der Waals surface area (Å²) in [5.41, 5.74) is 0.890. The van der Waals surface area contributed by atoms with Gasteiger partial charge in [0.25, 0.3) is 0 Å². The van der Waals surface area contributed by atoms with Crippen molar-refractivity contribution in [2.75, 3.05) is 5.32 Å². The molecule has 0 saturated carbocycles. The van der Waals surface area contributed by atoms with E-state index < -0.39 is 6.09 Å². The molecule has 0 aliphatic rings. The highest BCUT2D eigenvalue weighted by molar-refractivity contribution is 9.08. The first-order valence-corrected chi connectivity index (χ1v) is 4.83. The maximum absolute atomic E-state index is 10.3. The molecule has 0 spiro atoms. The van der Waals surface area contributed by atoms with Gasteiger partial charge in [-0.05, 0) is 11.6 Å². The molecule has 1 rings (SSSR count). The summed E-state index contributed by atoms with van der Waals surface area (Å²) < 4.78 is 0. The monoisotopic (exact) mass is 264 g/mol. The average Bonchev–Trinajstić information content (AvgIpc) is 2.08. The summed E-state index contributed by atoms with van der Waals surface area (Å²) in [7, 11) is 0. The summed E-state index contributed by atoms with van der Waals surface area (Å²) in [6.07, 6.45) is 0.368. The van der Waals surface area contributed by atoms with Crippen molar-refractivity contribution in [3.63, 3.8) is 0 Å². The largest absolute Gasteiger partial charge is 0.465 e. The SMILES string of the molecule is O=C(O)Nc1ncc(CBr)cc1Cl.